The van der Waals surface area contributed by atoms with Gasteiger partial charge in [0.05, 0.1) is 0 Å². The quantitative estimate of drug-likeness (QED) is 0.899. The van der Waals surface area contributed by atoms with Gasteiger partial charge in [-0.05, 0) is 25.0 Å². The topological polar surface area (TPSA) is 67.2 Å². The van der Waals surface area contributed by atoms with Gasteiger partial charge in [0.25, 0.3) is 0 Å². The van der Waals surface area contributed by atoms with Gasteiger partial charge in [-0.15, -0.1) is 0 Å². The third-order valence-corrected chi connectivity index (χ3v) is 3.65. The van der Waals surface area contributed by atoms with Crippen LogP contribution in [0.2, 0.25) is 0 Å². The van der Waals surface area contributed by atoms with Crippen LogP contribution in [0.25, 0.3) is 11.1 Å². The van der Waals surface area contributed by atoms with E-state index in [-0.39, 0.29) is 6.03 Å². The smallest absolute Gasteiger partial charge is 0.315 e. The summed E-state index contributed by atoms with van der Waals surface area (Å²) in [5.74, 6) is 0.660. The zero-order valence-electron chi connectivity index (χ0n) is 11.4. The van der Waals surface area contributed by atoms with E-state index in [1.165, 1.54) is 12.8 Å². The van der Waals surface area contributed by atoms with Crippen molar-refractivity contribution in [2.75, 3.05) is 6.54 Å². The number of aromatic nitrogens is 1. The Kier molecular flexibility index (Phi) is 3.85. The van der Waals surface area contributed by atoms with E-state index in [2.05, 4.69) is 15.6 Å². The van der Waals surface area contributed by atoms with Crippen LogP contribution in [0.5, 0.6) is 0 Å². The van der Waals surface area contributed by atoms with Crippen molar-refractivity contribution in [1.29, 1.82) is 0 Å². The van der Waals surface area contributed by atoms with Crippen LogP contribution in [0.3, 0.4) is 0 Å². The molecule has 2 N–H and O–H groups in total. The molecule has 1 saturated carbocycles. The Hall–Kier alpha value is -2.04. The second-order valence-corrected chi connectivity index (χ2v) is 5.21. The zero-order chi connectivity index (χ0) is 13.8. The number of oxazole rings is 1. The first-order valence-electron chi connectivity index (χ1n) is 7.20. The Morgan fingerprint density at radius 1 is 1.30 bits per heavy atom. The number of carbonyl (C=O) groups excluding carboxylic acids is 1. The van der Waals surface area contributed by atoms with E-state index in [0.717, 1.165) is 23.9 Å². The van der Waals surface area contributed by atoms with Crippen molar-refractivity contribution in [1.82, 2.24) is 15.6 Å². The van der Waals surface area contributed by atoms with Gasteiger partial charge in [-0.1, -0.05) is 25.0 Å². The summed E-state index contributed by atoms with van der Waals surface area (Å²) in [4.78, 5) is 16.1. The molecule has 1 aromatic carbocycles. The van der Waals surface area contributed by atoms with Gasteiger partial charge >= 0.3 is 6.03 Å². The Morgan fingerprint density at radius 3 is 2.90 bits per heavy atom. The summed E-state index contributed by atoms with van der Waals surface area (Å²) in [5, 5.41) is 5.84. The maximum atomic E-state index is 11.7. The fourth-order valence-corrected chi connectivity index (χ4v) is 2.62. The molecule has 1 heterocycles. The highest BCUT2D eigenvalue weighted by Crippen LogP contribution is 2.17. The normalized spacial score (nSPS) is 15.6. The van der Waals surface area contributed by atoms with Crippen molar-refractivity contribution < 1.29 is 9.21 Å². The summed E-state index contributed by atoms with van der Waals surface area (Å²) in [7, 11) is 0. The maximum absolute atomic E-state index is 11.7. The van der Waals surface area contributed by atoms with Crippen LogP contribution in [0, 0.1) is 0 Å². The van der Waals surface area contributed by atoms with Gasteiger partial charge in [0.1, 0.15) is 5.52 Å². The standard InChI is InChI=1S/C15H19N3O2/c19-15(17-11-5-1-2-6-11)16-10-9-14-18-12-7-3-4-8-13(12)20-14/h3-4,7-8,11H,1-2,5-6,9-10H2,(H2,16,17,19). The number of benzene rings is 1. The van der Waals surface area contributed by atoms with E-state index in [0.29, 0.717) is 24.9 Å². The summed E-state index contributed by atoms with van der Waals surface area (Å²) >= 11 is 0. The second kappa shape index (κ2) is 5.94. The van der Waals surface area contributed by atoms with Crippen LogP contribution in [-0.4, -0.2) is 23.6 Å². The summed E-state index contributed by atoms with van der Waals surface area (Å²) in [6.07, 6.45) is 5.23. The fourth-order valence-electron chi connectivity index (χ4n) is 2.62. The summed E-state index contributed by atoms with van der Waals surface area (Å²) in [5.41, 5.74) is 1.65. The van der Waals surface area contributed by atoms with Gasteiger partial charge in [-0.3, -0.25) is 0 Å². The lowest BCUT2D eigenvalue weighted by Gasteiger charge is -2.12. The molecule has 2 amide bonds. The van der Waals surface area contributed by atoms with Crippen molar-refractivity contribution in [2.45, 2.75) is 38.1 Å². The highest BCUT2D eigenvalue weighted by molar-refractivity contribution is 5.74. The molecule has 3 rings (SSSR count). The predicted octanol–water partition coefficient (Wildman–Crippen LogP) is 2.61. The van der Waals surface area contributed by atoms with Crippen molar-refractivity contribution in [3.05, 3.63) is 30.2 Å². The lowest BCUT2D eigenvalue weighted by atomic mass is 10.2. The lowest BCUT2D eigenvalue weighted by Crippen LogP contribution is -2.41. The fraction of sp³-hybridized carbons (Fsp3) is 0.467. The van der Waals surface area contributed by atoms with Gasteiger partial charge in [0.2, 0.25) is 0 Å². The van der Waals surface area contributed by atoms with E-state index in [1.807, 2.05) is 24.3 Å². The number of carbonyl (C=O) groups is 1. The molecule has 20 heavy (non-hydrogen) atoms. The molecule has 0 unspecified atom stereocenters. The predicted molar refractivity (Wildman–Crippen MR) is 76.5 cm³/mol. The molecule has 1 aromatic heterocycles. The Balaban J connectivity index is 1.45. The molecule has 1 aliphatic rings. The van der Waals surface area contributed by atoms with Crippen molar-refractivity contribution in [3.63, 3.8) is 0 Å². The Morgan fingerprint density at radius 2 is 2.10 bits per heavy atom. The first-order chi connectivity index (χ1) is 9.81. The van der Waals surface area contributed by atoms with Crippen molar-refractivity contribution in [3.8, 4) is 0 Å². The van der Waals surface area contributed by atoms with E-state index < -0.39 is 0 Å². The molecular formula is C15H19N3O2. The number of urea groups is 1. The van der Waals surface area contributed by atoms with Crippen LogP contribution >= 0.6 is 0 Å². The van der Waals surface area contributed by atoms with E-state index in [4.69, 9.17) is 4.42 Å². The molecule has 0 aliphatic heterocycles. The number of hydrogen-bond acceptors (Lipinski definition) is 3. The van der Waals surface area contributed by atoms with Crippen LogP contribution in [0.1, 0.15) is 31.6 Å². The lowest BCUT2D eigenvalue weighted by molar-refractivity contribution is 0.237. The number of rotatable bonds is 4. The third kappa shape index (κ3) is 3.10. The van der Waals surface area contributed by atoms with Gasteiger partial charge in [-0.25, -0.2) is 9.78 Å². The molecule has 2 aromatic rings. The Bertz CT molecular complexity index is 555. The van der Waals surface area contributed by atoms with Gasteiger partial charge in [-0.2, -0.15) is 0 Å². The maximum Gasteiger partial charge on any atom is 0.315 e. The minimum absolute atomic E-state index is 0.0898. The zero-order valence-corrected chi connectivity index (χ0v) is 11.4. The summed E-state index contributed by atoms with van der Waals surface area (Å²) < 4.78 is 5.60. The second-order valence-electron chi connectivity index (χ2n) is 5.21. The van der Waals surface area contributed by atoms with E-state index in [1.54, 1.807) is 0 Å². The largest absolute Gasteiger partial charge is 0.441 e. The number of nitrogens with one attached hydrogen (secondary N) is 2. The molecule has 0 bridgehead atoms. The minimum atomic E-state index is -0.0898. The average molecular weight is 273 g/mol. The average Bonchev–Trinajstić information content (AvgIpc) is 3.07. The molecule has 0 atom stereocenters. The van der Waals surface area contributed by atoms with Crippen molar-refractivity contribution in [2.24, 2.45) is 0 Å². The minimum Gasteiger partial charge on any atom is -0.441 e. The molecule has 106 valence electrons. The molecular weight excluding hydrogens is 254 g/mol. The van der Waals surface area contributed by atoms with Crippen LogP contribution in [0.15, 0.2) is 28.7 Å². The molecule has 0 radical (unpaired) electrons. The van der Waals surface area contributed by atoms with Crippen LogP contribution < -0.4 is 10.6 Å². The first kappa shape index (κ1) is 13.0. The molecule has 0 spiro atoms. The number of hydrogen-bond donors (Lipinski definition) is 2. The van der Waals surface area contributed by atoms with E-state index in [9.17, 15) is 4.79 Å². The van der Waals surface area contributed by atoms with Crippen molar-refractivity contribution >= 4 is 17.1 Å². The van der Waals surface area contributed by atoms with E-state index >= 15 is 0 Å². The first-order valence-corrected chi connectivity index (χ1v) is 7.20. The van der Waals surface area contributed by atoms with Gasteiger partial charge in [0, 0.05) is 19.0 Å². The molecule has 1 aliphatic carbocycles. The number of nitrogens with zero attached hydrogens (tertiary/aromatic N) is 1. The molecule has 0 saturated heterocycles. The molecule has 5 heteroatoms. The summed E-state index contributed by atoms with van der Waals surface area (Å²) in [6.45, 7) is 0.533. The Labute approximate surface area is 117 Å². The van der Waals surface area contributed by atoms with Crippen LogP contribution in [0.4, 0.5) is 4.79 Å². The molecule has 1 fully saturated rings. The number of amides is 2. The molecule has 5 nitrogen and oxygen atoms in total. The highest BCUT2D eigenvalue weighted by atomic mass is 16.3. The SMILES string of the molecule is O=C(NCCc1nc2ccccc2o1)NC1CCCC1. The monoisotopic (exact) mass is 273 g/mol. The van der Waals surface area contributed by atoms with Gasteiger partial charge < -0.3 is 15.1 Å². The highest BCUT2D eigenvalue weighted by Gasteiger charge is 2.16. The number of para-hydroxylation sites is 2. The van der Waals surface area contributed by atoms with Gasteiger partial charge in [0.15, 0.2) is 11.5 Å². The van der Waals surface area contributed by atoms with Crippen LogP contribution in [-0.2, 0) is 6.42 Å². The number of fused-ring (bicyclic) bond motifs is 1. The summed E-state index contributed by atoms with van der Waals surface area (Å²) in [6, 6.07) is 7.92. The third-order valence-electron chi connectivity index (χ3n) is 3.65.